The Hall–Kier alpha value is -1.56. The molecule has 6 heteroatoms. The van der Waals surface area contributed by atoms with Crippen molar-refractivity contribution in [2.75, 3.05) is 6.61 Å². The lowest BCUT2D eigenvalue weighted by Crippen LogP contribution is -2.59. The normalized spacial score (nSPS) is 15.7. The quantitative estimate of drug-likeness (QED) is 0.690. The second-order valence-electron chi connectivity index (χ2n) is 5.55. The third-order valence-corrected chi connectivity index (χ3v) is 4.40. The van der Waals surface area contributed by atoms with Gasteiger partial charge in [0.15, 0.2) is 0 Å². The van der Waals surface area contributed by atoms with E-state index in [0.29, 0.717) is 32.3 Å². The molecule has 1 aliphatic carbocycles. The van der Waals surface area contributed by atoms with Gasteiger partial charge in [-0.05, 0) is 56.4 Å². The van der Waals surface area contributed by atoms with Crippen LogP contribution < -0.4 is 10.1 Å². The number of hydrogen-bond donors (Lipinski definition) is 2. The lowest BCUT2D eigenvalue weighted by atomic mass is 9.76. The number of rotatable bonds is 8. The number of carboxylic acid groups (broad SMARTS) is 1. The van der Waals surface area contributed by atoms with Gasteiger partial charge < -0.3 is 15.2 Å². The van der Waals surface area contributed by atoms with Gasteiger partial charge in [-0.25, -0.2) is 4.79 Å². The summed E-state index contributed by atoms with van der Waals surface area (Å²) in [6.45, 7) is 0.541. The van der Waals surface area contributed by atoms with Crippen molar-refractivity contribution in [2.24, 2.45) is 0 Å². The minimum absolute atomic E-state index is 0.189. The minimum Gasteiger partial charge on any atom is -0.494 e. The number of carboxylic acids is 1. The molecule has 1 aliphatic rings. The Bertz CT molecular complexity index is 525. The van der Waals surface area contributed by atoms with E-state index in [-0.39, 0.29) is 5.91 Å². The zero-order valence-electron chi connectivity index (χ0n) is 12.3. The van der Waals surface area contributed by atoms with Gasteiger partial charge in [0.2, 0.25) is 5.91 Å². The lowest BCUT2D eigenvalue weighted by Gasteiger charge is -2.38. The van der Waals surface area contributed by atoms with Gasteiger partial charge in [0.05, 0.1) is 6.61 Å². The summed E-state index contributed by atoms with van der Waals surface area (Å²) in [5.41, 5.74) is -1.01. The second kappa shape index (κ2) is 7.63. The van der Waals surface area contributed by atoms with Crippen molar-refractivity contribution in [3.63, 3.8) is 0 Å². The minimum atomic E-state index is -1.01. The molecule has 1 saturated carbocycles. The molecule has 0 bridgehead atoms. The highest BCUT2D eigenvalue weighted by Crippen LogP contribution is 2.32. The van der Waals surface area contributed by atoms with Crippen LogP contribution in [0.15, 0.2) is 28.7 Å². The topological polar surface area (TPSA) is 75.6 Å². The largest absolute Gasteiger partial charge is 0.494 e. The van der Waals surface area contributed by atoms with Gasteiger partial charge in [-0.2, -0.15) is 0 Å². The standard InChI is InChI=1S/C16H20BrNO4/c17-12-5-7-13(8-6-12)22-11-2-1-4-14(19)18-16(15(20)21)9-3-10-16/h5-8H,1-4,9-11H2,(H,18,19)(H,20,21). The number of unbranched alkanes of at least 4 members (excludes halogenated alkanes) is 1. The van der Waals surface area contributed by atoms with Crippen LogP contribution in [-0.2, 0) is 9.59 Å². The van der Waals surface area contributed by atoms with Gasteiger partial charge in [-0.1, -0.05) is 15.9 Å². The number of carbonyl (C=O) groups is 2. The Morgan fingerprint density at radius 2 is 1.91 bits per heavy atom. The SMILES string of the molecule is O=C(CCCCOc1ccc(Br)cc1)NC1(C(=O)O)CCC1. The highest BCUT2D eigenvalue weighted by Gasteiger charge is 2.45. The van der Waals surface area contributed by atoms with Crippen LogP contribution in [0.25, 0.3) is 0 Å². The molecule has 0 unspecified atom stereocenters. The van der Waals surface area contributed by atoms with E-state index in [1.807, 2.05) is 24.3 Å². The summed E-state index contributed by atoms with van der Waals surface area (Å²) >= 11 is 3.36. The number of aliphatic carboxylic acids is 1. The maximum Gasteiger partial charge on any atom is 0.329 e. The molecule has 1 amide bonds. The van der Waals surface area contributed by atoms with Crippen LogP contribution in [0.4, 0.5) is 0 Å². The first-order valence-corrected chi connectivity index (χ1v) is 8.24. The molecule has 1 aromatic carbocycles. The van der Waals surface area contributed by atoms with E-state index in [9.17, 15) is 9.59 Å². The van der Waals surface area contributed by atoms with Crippen LogP contribution in [-0.4, -0.2) is 29.1 Å². The van der Waals surface area contributed by atoms with Crippen molar-refractivity contribution in [1.29, 1.82) is 0 Å². The molecule has 22 heavy (non-hydrogen) atoms. The zero-order valence-corrected chi connectivity index (χ0v) is 13.9. The summed E-state index contributed by atoms with van der Waals surface area (Å²) < 4.78 is 6.57. The fourth-order valence-electron chi connectivity index (χ4n) is 2.36. The Labute approximate surface area is 138 Å². The van der Waals surface area contributed by atoms with Gasteiger partial charge >= 0.3 is 5.97 Å². The maximum atomic E-state index is 11.8. The number of amides is 1. The monoisotopic (exact) mass is 369 g/mol. The third kappa shape index (κ3) is 4.47. The summed E-state index contributed by atoms with van der Waals surface area (Å²) in [7, 11) is 0. The molecule has 0 heterocycles. The van der Waals surface area contributed by atoms with Crippen LogP contribution in [0, 0.1) is 0 Å². The first-order valence-electron chi connectivity index (χ1n) is 7.45. The predicted molar refractivity (Wildman–Crippen MR) is 85.8 cm³/mol. The Morgan fingerprint density at radius 3 is 2.45 bits per heavy atom. The maximum absolute atomic E-state index is 11.8. The first-order chi connectivity index (χ1) is 10.5. The van der Waals surface area contributed by atoms with Gasteiger partial charge in [0.25, 0.3) is 0 Å². The number of nitrogens with one attached hydrogen (secondary N) is 1. The second-order valence-corrected chi connectivity index (χ2v) is 6.46. The Morgan fingerprint density at radius 1 is 1.23 bits per heavy atom. The van der Waals surface area contributed by atoms with E-state index < -0.39 is 11.5 Å². The predicted octanol–water partition coefficient (Wildman–Crippen LogP) is 3.12. The summed E-state index contributed by atoms with van der Waals surface area (Å²) in [6.07, 6.45) is 3.68. The van der Waals surface area contributed by atoms with Gasteiger partial charge in [0, 0.05) is 10.9 Å². The zero-order chi connectivity index (χ0) is 16.0. The highest BCUT2D eigenvalue weighted by molar-refractivity contribution is 9.10. The lowest BCUT2D eigenvalue weighted by molar-refractivity contribution is -0.151. The first kappa shape index (κ1) is 16.8. The Kier molecular flexibility index (Phi) is 5.83. The van der Waals surface area contributed by atoms with Gasteiger partial charge in [-0.15, -0.1) is 0 Å². The number of halogens is 1. The molecule has 120 valence electrons. The summed E-state index contributed by atoms with van der Waals surface area (Å²) in [5.74, 6) is -0.316. The summed E-state index contributed by atoms with van der Waals surface area (Å²) in [5, 5.41) is 11.8. The van der Waals surface area contributed by atoms with Crippen molar-refractivity contribution in [1.82, 2.24) is 5.32 Å². The molecule has 2 rings (SSSR count). The molecule has 0 aromatic heterocycles. The molecule has 1 fully saturated rings. The van der Waals surface area contributed by atoms with Crippen molar-refractivity contribution in [3.8, 4) is 5.75 Å². The van der Waals surface area contributed by atoms with Gasteiger partial charge in [0.1, 0.15) is 11.3 Å². The average Bonchev–Trinajstić information content (AvgIpc) is 2.44. The third-order valence-electron chi connectivity index (χ3n) is 3.88. The number of hydrogen-bond acceptors (Lipinski definition) is 3. The molecule has 0 saturated heterocycles. The highest BCUT2D eigenvalue weighted by atomic mass is 79.9. The summed E-state index contributed by atoms with van der Waals surface area (Å²) in [4.78, 5) is 23.0. The van der Waals surface area contributed by atoms with Crippen LogP contribution in [0.2, 0.25) is 0 Å². The molecule has 2 N–H and O–H groups in total. The number of carbonyl (C=O) groups excluding carboxylic acids is 1. The molecule has 0 radical (unpaired) electrons. The van der Waals surface area contributed by atoms with Crippen molar-refractivity contribution >= 4 is 27.8 Å². The van der Waals surface area contributed by atoms with Crippen LogP contribution in [0.5, 0.6) is 5.75 Å². The van der Waals surface area contributed by atoms with Crippen molar-refractivity contribution in [3.05, 3.63) is 28.7 Å². The molecule has 0 aliphatic heterocycles. The van der Waals surface area contributed by atoms with Crippen molar-refractivity contribution < 1.29 is 19.4 Å². The molecular formula is C16H20BrNO4. The summed E-state index contributed by atoms with van der Waals surface area (Å²) in [6, 6.07) is 7.58. The van der Waals surface area contributed by atoms with E-state index in [1.165, 1.54) is 0 Å². The van der Waals surface area contributed by atoms with Crippen molar-refractivity contribution in [2.45, 2.75) is 44.1 Å². The smallest absolute Gasteiger partial charge is 0.329 e. The molecule has 1 aromatic rings. The van der Waals surface area contributed by atoms with E-state index in [0.717, 1.165) is 23.1 Å². The van der Waals surface area contributed by atoms with Gasteiger partial charge in [-0.3, -0.25) is 4.79 Å². The van der Waals surface area contributed by atoms with Crippen LogP contribution >= 0.6 is 15.9 Å². The van der Waals surface area contributed by atoms with E-state index in [4.69, 9.17) is 9.84 Å². The molecule has 0 atom stereocenters. The average molecular weight is 370 g/mol. The Balaban J connectivity index is 1.61. The molecule has 5 nitrogen and oxygen atoms in total. The van der Waals surface area contributed by atoms with Crippen LogP contribution in [0.3, 0.4) is 0 Å². The molecular weight excluding hydrogens is 350 g/mol. The van der Waals surface area contributed by atoms with E-state index >= 15 is 0 Å². The fraction of sp³-hybridized carbons (Fsp3) is 0.500. The van der Waals surface area contributed by atoms with E-state index in [2.05, 4.69) is 21.2 Å². The van der Waals surface area contributed by atoms with E-state index in [1.54, 1.807) is 0 Å². The number of ether oxygens (including phenoxy) is 1. The fourth-order valence-corrected chi connectivity index (χ4v) is 2.62. The number of benzene rings is 1. The van der Waals surface area contributed by atoms with Crippen LogP contribution in [0.1, 0.15) is 38.5 Å². The molecule has 0 spiro atoms.